The zero-order valence-electron chi connectivity index (χ0n) is 17.5. The van der Waals surface area contributed by atoms with E-state index in [1.165, 1.54) is 19.5 Å². The van der Waals surface area contributed by atoms with Gasteiger partial charge in [-0.1, -0.05) is 30.3 Å². The lowest BCUT2D eigenvalue weighted by Crippen LogP contribution is -2.36. The molecular formula is C23H33N5O. The van der Waals surface area contributed by atoms with Crippen molar-refractivity contribution in [3.63, 3.8) is 0 Å². The molecule has 0 spiro atoms. The van der Waals surface area contributed by atoms with Crippen LogP contribution in [0, 0.1) is 11.8 Å². The molecule has 3 heterocycles. The minimum absolute atomic E-state index is 0.276. The maximum absolute atomic E-state index is 9.93. The van der Waals surface area contributed by atoms with Gasteiger partial charge < -0.3 is 14.9 Å². The largest absolute Gasteiger partial charge is 0.396 e. The first kappa shape index (κ1) is 20.4. The van der Waals surface area contributed by atoms with Crippen LogP contribution in [0.4, 0.5) is 0 Å². The molecule has 2 fully saturated rings. The van der Waals surface area contributed by atoms with Crippen molar-refractivity contribution in [3.8, 4) is 11.4 Å². The molecule has 1 aromatic heterocycles. The lowest BCUT2D eigenvalue weighted by molar-refractivity contribution is 0.165. The van der Waals surface area contributed by atoms with Crippen LogP contribution in [0.2, 0.25) is 0 Å². The van der Waals surface area contributed by atoms with E-state index in [2.05, 4.69) is 31.7 Å². The Balaban J connectivity index is 1.33. The number of nitrogens with zero attached hydrogens (tertiary/aromatic N) is 5. The van der Waals surface area contributed by atoms with Crippen molar-refractivity contribution in [2.24, 2.45) is 11.8 Å². The van der Waals surface area contributed by atoms with Gasteiger partial charge in [0.15, 0.2) is 5.82 Å². The molecule has 156 valence electrons. The zero-order valence-corrected chi connectivity index (χ0v) is 17.5. The summed E-state index contributed by atoms with van der Waals surface area (Å²) >= 11 is 0. The average Bonchev–Trinajstić information content (AvgIpc) is 3.01. The summed E-state index contributed by atoms with van der Waals surface area (Å²) in [6, 6.07) is 10.1. The van der Waals surface area contributed by atoms with Crippen molar-refractivity contribution < 1.29 is 5.11 Å². The second-order valence-corrected chi connectivity index (χ2v) is 8.64. The van der Waals surface area contributed by atoms with Crippen LogP contribution >= 0.6 is 0 Å². The number of hydrogen-bond acceptors (Lipinski definition) is 6. The van der Waals surface area contributed by atoms with Crippen molar-refractivity contribution >= 4 is 0 Å². The zero-order chi connectivity index (χ0) is 20.1. The number of benzene rings is 1. The third kappa shape index (κ3) is 5.39. The molecule has 6 heteroatoms. The summed E-state index contributed by atoms with van der Waals surface area (Å²) in [4.78, 5) is 16.6. The number of aromatic nitrogens is 2. The molecule has 2 saturated heterocycles. The van der Waals surface area contributed by atoms with Gasteiger partial charge in [0, 0.05) is 69.4 Å². The Kier molecular flexibility index (Phi) is 6.87. The summed E-state index contributed by atoms with van der Waals surface area (Å²) < 4.78 is 0. The summed E-state index contributed by atoms with van der Waals surface area (Å²) in [7, 11) is 2.21. The molecule has 2 unspecified atom stereocenters. The first-order chi connectivity index (χ1) is 14.2. The Morgan fingerprint density at radius 2 is 1.69 bits per heavy atom. The predicted octanol–water partition coefficient (Wildman–Crippen LogP) is 1.82. The second kappa shape index (κ2) is 9.76. The molecule has 0 saturated carbocycles. The standard InChI is InChI=1S/C23H33N5O/c1-26-8-5-9-27(11-10-26)15-21-16-28(17-22(21)18-29)14-19-12-24-23(25-13-19)20-6-3-2-4-7-20/h2-4,6-7,12-13,21-22,29H,5,8-11,14-18H2,1H3. The first-order valence-electron chi connectivity index (χ1n) is 10.8. The number of rotatable bonds is 6. The normalized spacial score (nSPS) is 24.6. The smallest absolute Gasteiger partial charge is 0.159 e. The number of aliphatic hydroxyl groups is 1. The average molecular weight is 396 g/mol. The summed E-state index contributed by atoms with van der Waals surface area (Å²) in [6.45, 7) is 8.87. The number of likely N-dealkylation sites (tertiary alicyclic amines) is 1. The molecule has 2 atom stereocenters. The van der Waals surface area contributed by atoms with Crippen molar-refractivity contribution in [2.75, 3.05) is 59.5 Å². The number of aliphatic hydroxyl groups excluding tert-OH is 1. The highest BCUT2D eigenvalue weighted by atomic mass is 16.3. The molecule has 0 aliphatic carbocycles. The molecule has 0 bridgehead atoms. The van der Waals surface area contributed by atoms with Crippen LogP contribution in [0.1, 0.15) is 12.0 Å². The van der Waals surface area contributed by atoms with E-state index in [0.29, 0.717) is 11.8 Å². The second-order valence-electron chi connectivity index (χ2n) is 8.64. The third-order valence-corrected chi connectivity index (χ3v) is 6.33. The van der Waals surface area contributed by atoms with E-state index >= 15 is 0 Å². The van der Waals surface area contributed by atoms with E-state index in [9.17, 15) is 5.11 Å². The number of hydrogen-bond donors (Lipinski definition) is 1. The highest BCUT2D eigenvalue weighted by Gasteiger charge is 2.33. The maximum atomic E-state index is 9.93. The van der Waals surface area contributed by atoms with E-state index in [1.54, 1.807) is 0 Å². The van der Waals surface area contributed by atoms with Gasteiger partial charge in [0.05, 0.1) is 0 Å². The molecule has 2 aliphatic heterocycles. The maximum Gasteiger partial charge on any atom is 0.159 e. The van der Waals surface area contributed by atoms with Crippen molar-refractivity contribution in [1.29, 1.82) is 0 Å². The van der Waals surface area contributed by atoms with Crippen molar-refractivity contribution in [3.05, 3.63) is 48.3 Å². The SMILES string of the molecule is CN1CCCN(CC2CN(Cc3cnc(-c4ccccc4)nc3)CC2CO)CC1. The molecule has 1 aromatic carbocycles. The minimum atomic E-state index is 0.276. The van der Waals surface area contributed by atoms with Gasteiger partial charge in [-0.05, 0) is 38.4 Å². The Bertz CT molecular complexity index is 754. The van der Waals surface area contributed by atoms with Crippen molar-refractivity contribution in [1.82, 2.24) is 24.7 Å². The highest BCUT2D eigenvalue weighted by Crippen LogP contribution is 2.26. The van der Waals surface area contributed by atoms with Gasteiger partial charge in [-0.3, -0.25) is 4.90 Å². The van der Waals surface area contributed by atoms with Crippen molar-refractivity contribution in [2.45, 2.75) is 13.0 Å². The topological polar surface area (TPSA) is 55.7 Å². The summed E-state index contributed by atoms with van der Waals surface area (Å²) in [5.41, 5.74) is 2.18. The molecule has 29 heavy (non-hydrogen) atoms. The summed E-state index contributed by atoms with van der Waals surface area (Å²) in [6.07, 6.45) is 5.13. The van der Waals surface area contributed by atoms with Crippen LogP contribution < -0.4 is 0 Å². The van der Waals surface area contributed by atoms with Crippen LogP contribution in [-0.4, -0.2) is 89.2 Å². The summed E-state index contributed by atoms with van der Waals surface area (Å²) in [5.74, 6) is 1.67. The quantitative estimate of drug-likeness (QED) is 0.805. The van der Waals surface area contributed by atoms with Gasteiger partial charge in [-0.25, -0.2) is 9.97 Å². The molecule has 4 rings (SSSR count). The first-order valence-corrected chi connectivity index (χ1v) is 10.8. The molecule has 6 nitrogen and oxygen atoms in total. The highest BCUT2D eigenvalue weighted by molar-refractivity contribution is 5.53. The van der Waals surface area contributed by atoms with Gasteiger partial charge in [0.1, 0.15) is 0 Å². The third-order valence-electron chi connectivity index (χ3n) is 6.33. The Morgan fingerprint density at radius 3 is 2.45 bits per heavy atom. The van der Waals surface area contributed by atoms with E-state index in [4.69, 9.17) is 0 Å². The Labute approximate surface area is 174 Å². The molecular weight excluding hydrogens is 362 g/mol. The van der Waals surface area contributed by atoms with E-state index in [0.717, 1.165) is 56.2 Å². The number of likely N-dealkylation sites (N-methyl/N-ethyl adjacent to an activating group) is 1. The van der Waals surface area contributed by atoms with Gasteiger partial charge in [-0.15, -0.1) is 0 Å². The fourth-order valence-electron chi connectivity index (χ4n) is 4.62. The predicted molar refractivity (Wildman–Crippen MR) is 115 cm³/mol. The van der Waals surface area contributed by atoms with Gasteiger partial charge in [0.2, 0.25) is 0 Å². The van der Waals surface area contributed by atoms with Gasteiger partial charge >= 0.3 is 0 Å². The van der Waals surface area contributed by atoms with Crippen LogP contribution in [0.25, 0.3) is 11.4 Å². The Morgan fingerprint density at radius 1 is 0.931 bits per heavy atom. The molecule has 0 radical (unpaired) electrons. The van der Waals surface area contributed by atoms with E-state index in [-0.39, 0.29) is 6.61 Å². The molecule has 2 aliphatic rings. The fraction of sp³-hybridized carbons (Fsp3) is 0.565. The molecule has 2 aromatic rings. The lowest BCUT2D eigenvalue weighted by Gasteiger charge is -2.26. The van der Waals surface area contributed by atoms with Gasteiger partial charge in [0.25, 0.3) is 0 Å². The van der Waals surface area contributed by atoms with Crippen LogP contribution in [0.3, 0.4) is 0 Å². The van der Waals surface area contributed by atoms with E-state index < -0.39 is 0 Å². The van der Waals surface area contributed by atoms with E-state index in [1.807, 2.05) is 42.7 Å². The monoisotopic (exact) mass is 395 g/mol. The van der Waals surface area contributed by atoms with Crippen LogP contribution in [0.5, 0.6) is 0 Å². The summed E-state index contributed by atoms with van der Waals surface area (Å²) in [5, 5.41) is 9.93. The minimum Gasteiger partial charge on any atom is -0.396 e. The Hall–Kier alpha value is -1.86. The molecule has 0 amide bonds. The lowest BCUT2D eigenvalue weighted by atomic mass is 9.96. The van der Waals surface area contributed by atoms with Crippen LogP contribution in [0.15, 0.2) is 42.7 Å². The molecule has 1 N–H and O–H groups in total. The van der Waals surface area contributed by atoms with Crippen LogP contribution in [-0.2, 0) is 6.54 Å². The van der Waals surface area contributed by atoms with Gasteiger partial charge in [-0.2, -0.15) is 0 Å². The fourth-order valence-corrected chi connectivity index (χ4v) is 4.62.